The second-order valence-electron chi connectivity index (χ2n) is 2.08. The first kappa shape index (κ1) is 19.9. The van der Waals surface area contributed by atoms with Crippen LogP contribution in [0.3, 0.4) is 0 Å². The minimum absolute atomic E-state index is 0. The molecule has 0 heterocycles. The Balaban J connectivity index is -0.000000151. The van der Waals surface area contributed by atoms with Gasteiger partial charge in [-0.15, -0.1) is 34.0 Å². The van der Waals surface area contributed by atoms with E-state index >= 15 is 0 Å². The smallest absolute Gasteiger partial charge is 1.00 e. The molecule has 0 saturated carbocycles. The van der Waals surface area contributed by atoms with Crippen molar-refractivity contribution in [1.82, 2.24) is 0 Å². The van der Waals surface area contributed by atoms with E-state index in [9.17, 15) is 4.79 Å². The zero-order chi connectivity index (χ0) is 8.10. The fraction of sp³-hybridized carbons (Fsp3) is 0. The minimum atomic E-state index is -0.922. The van der Waals surface area contributed by atoms with Crippen LogP contribution in [0.4, 0.5) is 0 Å². The maximum atomic E-state index is 10.1. The van der Waals surface area contributed by atoms with E-state index in [4.69, 9.17) is 5.11 Å². The monoisotopic (exact) mass is 332 g/mol. The van der Waals surface area contributed by atoms with Crippen molar-refractivity contribution in [3.63, 3.8) is 0 Å². The van der Waals surface area contributed by atoms with E-state index in [1.807, 2.05) is 30.3 Å². The number of carboxylic acid groups (broad SMARTS) is 1. The molecule has 0 spiro atoms. The van der Waals surface area contributed by atoms with Crippen LogP contribution in [0.15, 0.2) is 36.4 Å². The van der Waals surface area contributed by atoms with Gasteiger partial charge in [0.25, 0.3) is 0 Å². The average Bonchev–Trinajstić information content (AvgIpc) is 2.03. The summed E-state index contributed by atoms with van der Waals surface area (Å²) >= 11 is 0. The van der Waals surface area contributed by atoms with E-state index in [-0.39, 0.29) is 64.9 Å². The molecular weight excluding hydrogens is 323 g/mol. The molecular formula is C9H11Br2NaO2. The molecule has 1 rings (SSSR count). The van der Waals surface area contributed by atoms with Crippen LogP contribution in [-0.4, -0.2) is 11.1 Å². The van der Waals surface area contributed by atoms with Gasteiger partial charge in [-0.3, -0.25) is 0 Å². The number of halogens is 2. The summed E-state index contributed by atoms with van der Waals surface area (Å²) in [5.74, 6) is -0.922. The number of aliphatic carboxylic acids is 1. The molecule has 0 aliphatic heterocycles. The molecule has 74 valence electrons. The molecule has 5 heteroatoms. The van der Waals surface area contributed by atoms with Crippen molar-refractivity contribution in [3.8, 4) is 0 Å². The Kier molecular flexibility index (Phi) is 16.3. The van der Waals surface area contributed by atoms with E-state index in [2.05, 4.69) is 0 Å². The van der Waals surface area contributed by atoms with Crippen LogP contribution in [-0.2, 0) is 4.79 Å². The SMILES string of the molecule is Br.Br.O=C(O)C=Cc1ccccc1.[H-].[Na+]. The molecule has 0 atom stereocenters. The Bertz CT molecular complexity index is 281. The maximum absolute atomic E-state index is 10.1. The van der Waals surface area contributed by atoms with Crippen molar-refractivity contribution in [3.05, 3.63) is 42.0 Å². The largest absolute Gasteiger partial charge is 1.00 e. The van der Waals surface area contributed by atoms with Crippen LogP contribution < -0.4 is 29.6 Å². The first-order valence-electron chi connectivity index (χ1n) is 3.25. The quantitative estimate of drug-likeness (QED) is 0.614. The van der Waals surface area contributed by atoms with Crippen molar-refractivity contribution in [2.24, 2.45) is 0 Å². The molecule has 0 unspecified atom stereocenters. The predicted octanol–water partition coefficient (Wildman–Crippen LogP) is 0.0567. The van der Waals surface area contributed by atoms with E-state index in [0.717, 1.165) is 11.6 Å². The van der Waals surface area contributed by atoms with Crippen LogP contribution in [0, 0.1) is 0 Å². The summed E-state index contributed by atoms with van der Waals surface area (Å²) in [7, 11) is 0. The second kappa shape index (κ2) is 11.5. The maximum Gasteiger partial charge on any atom is 1.00 e. The van der Waals surface area contributed by atoms with E-state index in [0.29, 0.717) is 0 Å². The normalized spacial score (nSPS) is 8.00. The Morgan fingerprint density at radius 3 is 2.14 bits per heavy atom. The molecule has 14 heavy (non-hydrogen) atoms. The van der Waals surface area contributed by atoms with Crippen molar-refractivity contribution >= 4 is 46.0 Å². The van der Waals surface area contributed by atoms with Crippen molar-refractivity contribution in [1.29, 1.82) is 0 Å². The standard InChI is InChI=1S/C9H8O2.2BrH.Na.H/c10-9(11)7-6-8-4-2-1-3-5-8;;;;/h1-7H,(H,10,11);2*1H;;/q;;;+1;-1. The van der Waals surface area contributed by atoms with Crippen LogP contribution in [0.25, 0.3) is 6.08 Å². The minimum Gasteiger partial charge on any atom is -1.00 e. The molecule has 0 radical (unpaired) electrons. The zero-order valence-electron chi connectivity index (χ0n) is 8.71. The topological polar surface area (TPSA) is 37.3 Å². The molecule has 0 aliphatic carbocycles. The Labute approximate surface area is 128 Å². The van der Waals surface area contributed by atoms with Crippen LogP contribution in [0.5, 0.6) is 0 Å². The number of carboxylic acids is 1. The van der Waals surface area contributed by atoms with Gasteiger partial charge < -0.3 is 6.53 Å². The molecule has 0 saturated heterocycles. The van der Waals surface area contributed by atoms with Crippen molar-refractivity contribution in [2.45, 2.75) is 0 Å². The van der Waals surface area contributed by atoms with Gasteiger partial charge in [0, 0.05) is 6.08 Å². The van der Waals surface area contributed by atoms with E-state index in [1.54, 1.807) is 6.08 Å². The van der Waals surface area contributed by atoms with Crippen molar-refractivity contribution in [2.75, 3.05) is 0 Å². The first-order valence-corrected chi connectivity index (χ1v) is 3.25. The zero-order valence-corrected chi connectivity index (χ0v) is 13.1. The summed E-state index contributed by atoms with van der Waals surface area (Å²) in [6, 6.07) is 9.31. The summed E-state index contributed by atoms with van der Waals surface area (Å²) in [4.78, 5) is 10.1. The van der Waals surface area contributed by atoms with Gasteiger partial charge in [-0.25, -0.2) is 4.79 Å². The summed E-state index contributed by atoms with van der Waals surface area (Å²) < 4.78 is 0. The molecule has 0 aromatic heterocycles. The van der Waals surface area contributed by atoms with Gasteiger partial charge in [0.1, 0.15) is 0 Å². The Hall–Kier alpha value is 0.390. The predicted molar refractivity (Wildman–Crippen MR) is 64.9 cm³/mol. The molecule has 2 nitrogen and oxygen atoms in total. The fourth-order valence-corrected chi connectivity index (χ4v) is 0.732. The molecule has 0 aliphatic rings. The number of benzene rings is 1. The molecule has 1 N–H and O–H groups in total. The number of hydrogen-bond acceptors (Lipinski definition) is 1. The van der Waals surface area contributed by atoms with Crippen LogP contribution >= 0.6 is 34.0 Å². The summed E-state index contributed by atoms with van der Waals surface area (Å²) in [6.07, 6.45) is 2.68. The molecule has 0 fully saturated rings. The Morgan fingerprint density at radius 1 is 1.21 bits per heavy atom. The third-order valence-electron chi connectivity index (χ3n) is 1.22. The van der Waals surface area contributed by atoms with Crippen molar-refractivity contribution < 1.29 is 40.9 Å². The van der Waals surface area contributed by atoms with E-state index < -0.39 is 5.97 Å². The van der Waals surface area contributed by atoms with Crippen LogP contribution in [0.2, 0.25) is 0 Å². The van der Waals surface area contributed by atoms with Gasteiger partial charge >= 0.3 is 35.5 Å². The molecule has 1 aromatic carbocycles. The summed E-state index contributed by atoms with van der Waals surface area (Å²) in [5, 5.41) is 8.29. The molecule has 1 aromatic rings. The van der Waals surface area contributed by atoms with Crippen LogP contribution in [0.1, 0.15) is 6.99 Å². The number of hydrogen-bond donors (Lipinski definition) is 1. The number of rotatable bonds is 2. The Morgan fingerprint density at radius 2 is 1.71 bits per heavy atom. The third-order valence-corrected chi connectivity index (χ3v) is 1.22. The van der Waals surface area contributed by atoms with E-state index in [1.165, 1.54) is 0 Å². The number of carbonyl (C=O) groups is 1. The summed E-state index contributed by atoms with van der Waals surface area (Å²) in [5.41, 5.74) is 0.898. The third kappa shape index (κ3) is 8.97. The molecule has 0 bridgehead atoms. The first-order chi connectivity index (χ1) is 5.29. The van der Waals surface area contributed by atoms with Gasteiger partial charge in [-0.1, -0.05) is 30.3 Å². The average molecular weight is 334 g/mol. The van der Waals surface area contributed by atoms with Gasteiger partial charge in [0.2, 0.25) is 0 Å². The van der Waals surface area contributed by atoms with Gasteiger partial charge in [-0.2, -0.15) is 0 Å². The van der Waals surface area contributed by atoms with Gasteiger partial charge in [-0.05, 0) is 11.6 Å². The van der Waals surface area contributed by atoms with Gasteiger partial charge in [0.05, 0.1) is 0 Å². The summed E-state index contributed by atoms with van der Waals surface area (Å²) in [6.45, 7) is 0. The van der Waals surface area contributed by atoms with Gasteiger partial charge in [0.15, 0.2) is 0 Å². The fourth-order valence-electron chi connectivity index (χ4n) is 0.732. The second-order valence-corrected chi connectivity index (χ2v) is 2.08. The molecule has 0 amide bonds.